The molecule has 1 fully saturated rings. The summed E-state index contributed by atoms with van der Waals surface area (Å²) in [5.74, 6) is -0.117. The predicted octanol–water partition coefficient (Wildman–Crippen LogP) is 2.64. The van der Waals surface area contributed by atoms with Crippen LogP contribution in [0, 0.1) is 0 Å². The average molecular weight is 454 g/mol. The molecule has 2 aromatic heterocycles. The zero-order chi connectivity index (χ0) is 22.7. The van der Waals surface area contributed by atoms with Gasteiger partial charge in [-0.05, 0) is 24.3 Å². The summed E-state index contributed by atoms with van der Waals surface area (Å²) >= 11 is 0. The molecule has 0 atom stereocenters. The number of benzene rings is 1. The number of aromatic nitrogens is 2. The minimum atomic E-state index is -3.50. The first-order chi connectivity index (χ1) is 15.5. The molecule has 0 saturated carbocycles. The number of hydrogen-bond acceptors (Lipinski definition) is 5. The SMILES string of the molecule is CCN(CC)S(=O)(=O)N1CCN(C(=O)c2cc(-c3cccnc3)nc3ccccc23)CC1. The lowest BCUT2D eigenvalue weighted by Crippen LogP contribution is -2.54. The minimum Gasteiger partial charge on any atom is -0.336 e. The number of carbonyl (C=O) groups is 1. The van der Waals surface area contributed by atoms with Gasteiger partial charge in [0.25, 0.3) is 16.1 Å². The molecule has 0 unspecified atom stereocenters. The maximum Gasteiger partial charge on any atom is 0.282 e. The second kappa shape index (κ2) is 9.32. The molecule has 1 saturated heterocycles. The molecular weight excluding hydrogens is 426 g/mol. The third-order valence-electron chi connectivity index (χ3n) is 5.79. The van der Waals surface area contributed by atoms with Crippen molar-refractivity contribution >= 4 is 27.0 Å². The van der Waals surface area contributed by atoms with Crippen LogP contribution in [0.3, 0.4) is 0 Å². The smallest absolute Gasteiger partial charge is 0.282 e. The molecule has 1 aromatic carbocycles. The molecule has 1 aliphatic heterocycles. The van der Waals surface area contributed by atoms with Gasteiger partial charge in [0.2, 0.25) is 0 Å². The van der Waals surface area contributed by atoms with Crippen LogP contribution in [0.5, 0.6) is 0 Å². The topological polar surface area (TPSA) is 86.7 Å². The van der Waals surface area contributed by atoms with Crippen molar-refractivity contribution < 1.29 is 13.2 Å². The van der Waals surface area contributed by atoms with Crippen LogP contribution in [0.4, 0.5) is 0 Å². The van der Waals surface area contributed by atoms with Crippen LogP contribution in [0.25, 0.3) is 22.2 Å². The maximum atomic E-state index is 13.5. The number of pyridine rings is 2. The van der Waals surface area contributed by atoms with E-state index in [-0.39, 0.29) is 19.0 Å². The molecular formula is C23H27N5O3S. The van der Waals surface area contributed by atoms with E-state index in [4.69, 9.17) is 4.98 Å². The number of hydrogen-bond donors (Lipinski definition) is 0. The summed E-state index contributed by atoms with van der Waals surface area (Å²) in [6.45, 7) is 5.77. The van der Waals surface area contributed by atoms with E-state index < -0.39 is 10.2 Å². The lowest BCUT2D eigenvalue weighted by molar-refractivity contribution is 0.0696. The van der Waals surface area contributed by atoms with E-state index in [1.807, 2.05) is 50.2 Å². The van der Waals surface area contributed by atoms with Crippen molar-refractivity contribution in [3.63, 3.8) is 0 Å². The Morgan fingerprint density at radius 2 is 1.75 bits per heavy atom. The third kappa shape index (κ3) is 4.23. The van der Waals surface area contributed by atoms with E-state index in [9.17, 15) is 13.2 Å². The van der Waals surface area contributed by atoms with Crippen LogP contribution < -0.4 is 0 Å². The Bertz CT molecular complexity index is 1200. The molecule has 0 N–H and O–H groups in total. The lowest BCUT2D eigenvalue weighted by atomic mass is 10.0. The molecule has 0 spiro atoms. The van der Waals surface area contributed by atoms with E-state index in [1.54, 1.807) is 23.4 Å². The molecule has 0 bridgehead atoms. The van der Waals surface area contributed by atoms with Crippen molar-refractivity contribution in [2.75, 3.05) is 39.3 Å². The van der Waals surface area contributed by atoms with Gasteiger partial charge < -0.3 is 4.90 Å². The molecule has 32 heavy (non-hydrogen) atoms. The second-order valence-electron chi connectivity index (χ2n) is 7.60. The van der Waals surface area contributed by atoms with E-state index >= 15 is 0 Å². The van der Waals surface area contributed by atoms with Crippen molar-refractivity contribution in [1.82, 2.24) is 23.5 Å². The number of piperazine rings is 1. The molecule has 0 aliphatic carbocycles. The summed E-state index contributed by atoms with van der Waals surface area (Å²) in [7, 11) is -3.50. The van der Waals surface area contributed by atoms with E-state index in [2.05, 4.69) is 4.98 Å². The highest BCUT2D eigenvalue weighted by Crippen LogP contribution is 2.26. The Kier molecular flexibility index (Phi) is 6.50. The van der Waals surface area contributed by atoms with Crippen LogP contribution in [-0.2, 0) is 10.2 Å². The molecule has 4 rings (SSSR count). The number of carbonyl (C=O) groups excluding carboxylic acids is 1. The molecule has 1 aliphatic rings. The van der Waals surface area contributed by atoms with Crippen molar-refractivity contribution in [2.24, 2.45) is 0 Å². The van der Waals surface area contributed by atoms with Gasteiger partial charge in [-0.2, -0.15) is 17.0 Å². The first kappa shape index (κ1) is 22.3. The first-order valence-electron chi connectivity index (χ1n) is 10.8. The van der Waals surface area contributed by atoms with Crippen LogP contribution >= 0.6 is 0 Å². The Balaban J connectivity index is 1.61. The van der Waals surface area contributed by atoms with Gasteiger partial charge in [-0.25, -0.2) is 4.98 Å². The molecule has 0 radical (unpaired) electrons. The number of fused-ring (bicyclic) bond motifs is 1. The van der Waals surface area contributed by atoms with E-state index in [1.165, 1.54) is 8.61 Å². The van der Waals surface area contributed by atoms with Crippen molar-refractivity contribution in [2.45, 2.75) is 13.8 Å². The van der Waals surface area contributed by atoms with Crippen LogP contribution in [0.1, 0.15) is 24.2 Å². The Labute approximate surface area is 188 Å². The summed E-state index contributed by atoms with van der Waals surface area (Å²) < 4.78 is 28.5. The maximum absolute atomic E-state index is 13.5. The minimum absolute atomic E-state index is 0.117. The molecule has 8 nitrogen and oxygen atoms in total. The largest absolute Gasteiger partial charge is 0.336 e. The molecule has 9 heteroatoms. The normalized spacial score (nSPS) is 15.4. The summed E-state index contributed by atoms with van der Waals surface area (Å²) in [5, 5.41) is 0.781. The standard InChI is InChI=1S/C23H27N5O3S/c1-3-27(4-2)32(30,31)28-14-12-26(13-15-28)23(29)20-16-22(18-8-7-11-24-17-18)25-21-10-6-5-9-19(20)21/h5-11,16-17H,3-4,12-15H2,1-2H3. The van der Waals surface area contributed by atoms with Gasteiger partial charge in [-0.15, -0.1) is 0 Å². The van der Waals surface area contributed by atoms with Crippen LogP contribution in [-0.4, -0.2) is 77.1 Å². The van der Waals surface area contributed by atoms with Crippen LogP contribution in [0.2, 0.25) is 0 Å². The van der Waals surface area contributed by atoms with Gasteiger partial charge in [0, 0.05) is 62.6 Å². The van der Waals surface area contributed by atoms with Gasteiger partial charge in [-0.3, -0.25) is 9.78 Å². The second-order valence-corrected chi connectivity index (χ2v) is 9.53. The molecule has 1 amide bonds. The number of para-hydroxylation sites is 1. The van der Waals surface area contributed by atoms with E-state index in [0.717, 1.165) is 16.5 Å². The lowest BCUT2D eigenvalue weighted by Gasteiger charge is -2.36. The number of amides is 1. The van der Waals surface area contributed by atoms with Gasteiger partial charge in [0.15, 0.2) is 0 Å². The van der Waals surface area contributed by atoms with Gasteiger partial charge >= 0.3 is 0 Å². The summed E-state index contributed by atoms with van der Waals surface area (Å²) in [6.07, 6.45) is 3.42. The highest BCUT2D eigenvalue weighted by Gasteiger charge is 2.32. The fourth-order valence-corrected chi connectivity index (χ4v) is 5.62. The molecule has 3 aromatic rings. The molecule has 168 valence electrons. The summed E-state index contributed by atoms with van der Waals surface area (Å²) in [5.41, 5.74) is 2.82. The van der Waals surface area contributed by atoms with Gasteiger partial charge in [0.05, 0.1) is 16.8 Å². The quantitative estimate of drug-likeness (QED) is 0.573. The third-order valence-corrected chi connectivity index (χ3v) is 7.97. The zero-order valence-electron chi connectivity index (χ0n) is 18.3. The fraction of sp³-hybridized carbons (Fsp3) is 0.348. The summed E-state index contributed by atoms with van der Waals surface area (Å²) in [4.78, 5) is 24.1. The van der Waals surface area contributed by atoms with Crippen molar-refractivity contribution in [1.29, 1.82) is 0 Å². The molecule has 3 heterocycles. The monoisotopic (exact) mass is 453 g/mol. The highest BCUT2D eigenvalue weighted by atomic mass is 32.2. The van der Waals surface area contributed by atoms with Crippen molar-refractivity contribution in [3.05, 3.63) is 60.4 Å². The average Bonchev–Trinajstić information content (AvgIpc) is 2.84. The Morgan fingerprint density at radius 1 is 1.03 bits per heavy atom. The fourth-order valence-electron chi connectivity index (χ4n) is 4.02. The van der Waals surface area contributed by atoms with Gasteiger partial charge in [0.1, 0.15) is 0 Å². The van der Waals surface area contributed by atoms with Crippen LogP contribution in [0.15, 0.2) is 54.9 Å². The number of rotatable bonds is 6. The summed E-state index contributed by atoms with van der Waals surface area (Å²) in [6, 6.07) is 13.1. The Hall–Kier alpha value is -2.88. The van der Waals surface area contributed by atoms with E-state index in [0.29, 0.717) is 37.4 Å². The van der Waals surface area contributed by atoms with Crippen molar-refractivity contribution in [3.8, 4) is 11.3 Å². The first-order valence-corrected chi connectivity index (χ1v) is 12.2. The predicted molar refractivity (Wildman–Crippen MR) is 124 cm³/mol. The number of nitrogens with zero attached hydrogens (tertiary/aromatic N) is 5. The zero-order valence-corrected chi connectivity index (χ0v) is 19.1. The highest BCUT2D eigenvalue weighted by molar-refractivity contribution is 7.86. The Morgan fingerprint density at radius 3 is 2.41 bits per heavy atom. The van der Waals surface area contributed by atoms with Gasteiger partial charge in [-0.1, -0.05) is 32.0 Å².